The van der Waals surface area contributed by atoms with Crippen LogP contribution in [0.25, 0.3) is 5.78 Å². The average Bonchev–Trinajstić information content (AvgIpc) is 2.98. The molecule has 92 valence electrons. The first-order valence-corrected chi connectivity index (χ1v) is 5.71. The molecule has 0 spiro atoms. The van der Waals surface area contributed by atoms with Crippen LogP contribution < -0.4 is 5.32 Å². The molecule has 6 heteroatoms. The summed E-state index contributed by atoms with van der Waals surface area (Å²) >= 11 is 0. The van der Waals surface area contributed by atoms with Gasteiger partial charge in [0.05, 0.1) is 12.3 Å². The normalized spacial score (nSPS) is 12.8. The third-order valence-electron chi connectivity index (χ3n) is 2.71. The number of furan rings is 1. The summed E-state index contributed by atoms with van der Waals surface area (Å²) in [5, 5.41) is 7.49. The number of hydrogen-bond donors (Lipinski definition) is 1. The van der Waals surface area contributed by atoms with Gasteiger partial charge in [0.25, 0.3) is 5.78 Å². The Labute approximate surface area is 104 Å². The van der Waals surface area contributed by atoms with E-state index >= 15 is 0 Å². The molecule has 3 heterocycles. The summed E-state index contributed by atoms with van der Waals surface area (Å²) in [7, 11) is 0. The van der Waals surface area contributed by atoms with Crippen molar-refractivity contribution < 1.29 is 4.42 Å². The van der Waals surface area contributed by atoms with Crippen molar-refractivity contribution in [1.82, 2.24) is 19.6 Å². The zero-order valence-corrected chi connectivity index (χ0v) is 10.2. The first-order chi connectivity index (χ1) is 8.74. The first-order valence-electron chi connectivity index (χ1n) is 5.71. The molecule has 0 aliphatic carbocycles. The minimum atomic E-state index is 0.0502. The minimum absolute atomic E-state index is 0.0502. The number of fused-ring (bicyclic) bond motifs is 1. The summed E-state index contributed by atoms with van der Waals surface area (Å²) < 4.78 is 7.04. The van der Waals surface area contributed by atoms with Crippen molar-refractivity contribution in [1.29, 1.82) is 0 Å². The fourth-order valence-corrected chi connectivity index (χ4v) is 1.86. The lowest BCUT2D eigenvalue weighted by molar-refractivity contribution is 0.489. The van der Waals surface area contributed by atoms with Crippen LogP contribution in [0, 0.1) is 6.92 Å². The fourth-order valence-electron chi connectivity index (χ4n) is 1.86. The van der Waals surface area contributed by atoms with E-state index in [1.54, 1.807) is 10.8 Å². The third kappa shape index (κ3) is 1.81. The quantitative estimate of drug-likeness (QED) is 0.763. The summed E-state index contributed by atoms with van der Waals surface area (Å²) in [6.45, 7) is 3.95. The van der Waals surface area contributed by atoms with Gasteiger partial charge in [-0.1, -0.05) is 0 Å². The molecule has 0 bridgehead atoms. The summed E-state index contributed by atoms with van der Waals surface area (Å²) in [5.74, 6) is 2.31. The van der Waals surface area contributed by atoms with Crippen molar-refractivity contribution >= 4 is 11.6 Å². The molecule has 3 rings (SSSR count). The van der Waals surface area contributed by atoms with Crippen LogP contribution in [0.15, 0.2) is 35.2 Å². The highest BCUT2D eigenvalue weighted by Gasteiger charge is 2.11. The van der Waals surface area contributed by atoms with E-state index in [1.165, 1.54) is 6.33 Å². The number of nitrogens with one attached hydrogen (secondary N) is 1. The van der Waals surface area contributed by atoms with Crippen LogP contribution in [-0.2, 0) is 0 Å². The van der Waals surface area contributed by atoms with Crippen molar-refractivity contribution in [2.24, 2.45) is 0 Å². The predicted molar refractivity (Wildman–Crippen MR) is 66.3 cm³/mol. The lowest BCUT2D eigenvalue weighted by Crippen LogP contribution is -2.10. The molecule has 0 radical (unpaired) electrons. The summed E-state index contributed by atoms with van der Waals surface area (Å²) in [6, 6.07) is 5.79. The molecule has 0 saturated heterocycles. The second kappa shape index (κ2) is 4.14. The van der Waals surface area contributed by atoms with E-state index in [2.05, 4.69) is 20.4 Å². The van der Waals surface area contributed by atoms with Crippen molar-refractivity contribution in [2.75, 3.05) is 5.32 Å². The van der Waals surface area contributed by atoms with Gasteiger partial charge in [0.15, 0.2) is 0 Å². The number of nitrogens with zero attached hydrogens (tertiary/aromatic N) is 4. The monoisotopic (exact) mass is 243 g/mol. The van der Waals surface area contributed by atoms with E-state index in [-0.39, 0.29) is 6.04 Å². The smallest absolute Gasteiger partial charge is 0.254 e. The first kappa shape index (κ1) is 10.8. The van der Waals surface area contributed by atoms with Gasteiger partial charge in [-0.2, -0.15) is 14.6 Å². The highest BCUT2D eigenvalue weighted by molar-refractivity contribution is 5.45. The lowest BCUT2D eigenvalue weighted by atomic mass is 10.2. The molecular formula is C12H13N5O. The van der Waals surface area contributed by atoms with Crippen LogP contribution in [0.4, 0.5) is 5.82 Å². The standard InChI is InChI=1S/C12H13N5O/c1-8-6-11(17-12(15-8)13-7-14-17)16-9(2)10-4-3-5-18-10/h3-7,9,16H,1-2H3/t9-/m1/s1. The number of aryl methyl sites for hydroxylation is 1. The van der Waals surface area contributed by atoms with Crippen LogP contribution in [0.5, 0.6) is 0 Å². The molecule has 0 unspecified atom stereocenters. The van der Waals surface area contributed by atoms with Crippen LogP contribution in [0.2, 0.25) is 0 Å². The van der Waals surface area contributed by atoms with Crippen LogP contribution in [-0.4, -0.2) is 19.6 Å². The van der Waals surface area contributed by atoms with Gasteiger partial charge in [-0.15, -0.1) is 0 Å². The maximum absolute atomic E-state index is 5.37. The lowest BCUT2D eigenvalue weighted by Gasteiger charge is -2.13. The summed E-state index contributed by atoms with van der Waals surface area (Å²) in [4.78, 5) is 8.38. The van der Waals surface area contributed by atoms with Gasteiger partial charge in [-0.3, -0.25) is 0 Å². The molecule has 0 aliphatic rings. The van der Waals surface area contributed by atoms with Crippen molar-refractivity contribution in [3.8, 4) is 0 Å². The molecule has 0 aliphatic heterocycles. The van der Waals surface area contributed by atoms with Gasteiger partial charge >= 0.3 is 0 Å². The van der Waals surface area contributed by atoms with E-state index in [9.17, 15) is 0 Å². The Balaban J connectivity index is 1.97. The molecule has 0 saturated carbocycles. The molecule has 1 atom stereocenters. The maximum atomic E-state index is 5.37. The SMILES string of the molecule is Cc1cc(N[C@H](C)c2ccco2)n2ncnc2n1. The summed E-state index contributed by atoms with van der Waals surface area (Å²) in [6.07, 6.45) is 3.15. The highest BCUT2D eigenvalue weighted by atomic mass is 16.3. The van der Waals surface area contributed by atoms with Gasteiger partial charge in [-0.05, 0) is 26.0 Å². The van der Waals surface area contributed by atoms with Gasteiger partial charge < -0.3 is 9.73 Å². The molecule has 3 aromatic heterocycles. The third-order valence-corrected chi connectivity index (χ3v) is 2.71. The number of rotatable bonds is 3. The van der Waals surface area contributed by atoms with Gasteiger partial charge in [-0.25, -0.2) is 4.98 Å². The Bertz CT molecular complexity index is 658. The van der Waals surface area contributed by atoms with E-state index in [0.29, 0.717) is 5.78 Å². The van der Waals surface area contributed by atoms with E-state index in [1.807, 2.05) is 32.0 Å². The zero-order valence-electron chi connectivity index (χ0n) is 10.2. The molecule has 0 amide bonds. The second-order valence-corrected chi connectivity index (χ2v) is 4.14. The maximum Gasteiger partial charge on any atom is 0.254 e. The van der Waals surface area contributed by atoms with Gasteiger partial charge in [0, 0.05) is 11.8 Å². The second-order valence-electron chi connectivity index (χ2n) is 4.14. The molecule has 0 fully saturated rings. The molecule has 18 heavy (non-hydrogen) atoms. The summed E-state index contributed by atoms with van der Waals surface area (Å²) in [5.41, 5.74) is 0.893. The topological polar surface area (TPSA) is 68.2 Å². The average molecular weight is 243 g/mol. The fraction of sp³-hybridized carbons (Fsp3) is 0.250. The van der Waals surface area contributed by atoms with E-state index < -0.39 is 0 Å². The van der Waals surface area contributed by atoms with Crippen LogP contribution >= 0.6 is 0 Å². The highest BCUT2D eigenvalue weighted by Crippen LogP contribution is 2.19. The zero-order chi connectivity index (χ0) is 12.5. The van der Waals surface area contributed by atoms with E-state index in [0.717, 1.165) is 17.3 Å². The Hall–Kier alpha value is -2.37. The van der Waals surface area contributed by atoms with E-state index in [4.69, 9.17) is 4.42 Å². The minimum Gasteiger partial charge on any atom is -0.467 e. The Morgan fingerprint density at radius 1 is 1.44 bits per heavy atom. The van der Waals surface area contributed by atoms with Crippen molar-refractivity contribution in [3.05, 3.63) is 42.2 Å². The molecule has 0 aromatic carbocycles. The predicted octanol–water partition coefficient (Wildman–Crippen LogP) is 2.20. The molecule has 6 nitrogen and oxygen atoms in total. The molecular weight excluding hydrogens is 230 g/mol. The number of hydrogen-bond acceptors (Lipinski definition) is 5. The molecule has 1 N–H and O–H groups in total. The number of aromatic nitrogens is 4. The van der Waals surface area contributed by atoms with Gasteiger partial charge in [0.2, 0.25) is 0 Å². The van der Waals surface area contributed by atoms with Crippen molar-refractivity contribution in [3.63, 3.8) is 0 Å². The Morgan fingerprint density at radius 2 is 2.33 bits per heavy atom. The van der Waals surface area contributed by atoms with Gasteiger partial charge in [0.1, 0.15) is 17.9 Å². The van der Waals surface area contributed by atoms with Crippen LogP contribution in [0.1, 0.15) is 24.4 Å². The number of anilines is 1. The van der Waals surface area contributed by atoms with Crippen LogP contribution in [0.3, 0.4) is 0 Å². The largest absolute Gasteiger partial charge is 0.467 e. The Kier molecular flexibility index (Phi) is 2.47. The van der Waals surface area contributed by atoms with Crippen molar-refractivity contribution in [2.45, 2.75) is 19.9 Å². The Morgan fingerprint density at radius 3 is 3.11 bits per heavy atom. The molecule has 3 aromatic rings.